The van der Waals surface area contributed by atoms with E-state index in [9.17, 15) is 34.8 Å². The first kappa shape index (κ1) is 22.4. The maximum atomic E-state index is 13.5. The van der Waals surface area contributed by atoms with Gasteiger partial charge < -0.3 is 36.8 Å². The van der Waals surface area contributed by atoms with E-state index < -0.39 is 52.0 Å². The highest BCUT2D eigenvalue weighted by molar-refractivity contribution is 6.24. The summed E-state index contributed by atoms with van der Waals surface area (Å²) in [7, 11) is 0. The first-order valence-electron chi connectivity index (χ1n) is 11.4. The highest BCUT2D eigenvalue weighted by Gasteiger charge is 2.59. The fraction of sp³-hybridized carbons (Fsp3) is 0.458. The van der Waals surface area contributed by atoms with Gasteiger partial charge in [0, 0.05) is 24.0 Å². The SMILES string of the molecule is NC(=O)C1=C(O)C[C@@H]2C[C@@H]3Cc4ccc(NC5CCNCC5)c(O)c4C(=O)C3=C(O)[C@]2(O)C1=O. The van der Waals surface area contributed by atoms with Crippen molar-refractivity contribution < 1.29 is 34.8 Å². The molecule has 0 radical (unpaired) electrons. The zero-order chi connectivity index (χ0) is 24.4. The zero-order valence-electron chi connectivity index (χ0n) is 18.4. The number of carbonyl (C=O) groups is 3. The number of piperidine rings is 1. The smallest absolute Gasteiger partial charge is 0.255 e. The van der Waals surface area contributed by atoms with Crippen LogP contribution in [0.2, 0.25) is 0 Å². The van der Waals surface area contributed by atoms with E-state index in [1.54, 1.807) is 12.1 Å². The normalized spacial score (nSPS) is 29.4. The first-order valence-corrected chi connectivity index (χ1v) is 11.4. The van der Waals surface area contributed by atoms with Crippen molar-refractivity contribution in [2.45, 2.75) is 43.7 Å². The molecule has 1 aliphatic heterocycles. The number of hydrogen-bond donors (Lipinski definition) is 7. The van der Waals surface area contributed by atoms with E-state index >= 15 is 0 Å². The largest absolute Gasteiger partial charge is 0.511 e. The highest BCUT2D eigenvalue weighted by Crippen LogP contribution is 2.51. The Kier molecular flexibility index (Phi) is 5.18. The summed E-state index contributed by atoms with van der Waals surface area (Å²) in [5, 5.41) is 50.0. The molecule has 4 aliphatic rings. The minimum absolute atomic E-state index is 0.0237. The molecule has 0 bridgehead atoms. The minimum Gasteiger partial charge on any atom is -0.511 e. The number of amides is 1. The monoisotopic (exact) mass is 469 g/mol. The zero-order valence-corrected chi connectivity index (χ0v) is 18.4. The standard InChI is InChI=1S/C24H27N3O7/c25-23(33)18-15(28)9-12-8-11-7-10-1-2-14(27-13-3-5-26-6-4-13)19(29)16(10)20(30)17(11)21(31)24(12,34)22(18)32/h1-2,11-13,26-29,31,34H,3-9H2,(H2,25,33)/t11-,12-,24-/m0/s1. The Bertz CT molecular complexity index is 1180. The second-order valence-electron chi connectivity index (χ2n) is 9.58. The third-order valence-corrected chi connectivity index (χ3v) is 7.63. The van der Waals surface area contributed by atoms with E-state index in [1.807, 2.05) is 0 Å². The lowest BCUT2D eigenvalue weighted by Crippen LogP contribution is -2.57. The second-order valence-corrected chi connectivity index (χ2v) is 9.58. The Morgan fingerprint density at radius 3 is 2.50 bits per heavy atom. The lowest BCUT2D eigenvalue weighted by molar-refractivity contribution is -0.144. The second kappa shape index (κ2) is 7.85. The van der Waals surface area contributed by atoms with E-state index in [0.717, 1.165) is 25.9 Å². The van der Waals surface area contributed by atoms with Gasteiger partial charge >= 0.3 is 0 Å². The van der Waals surface area contributed by atoms with Crippen LogP contribution < -0.4 is 16.4 Å². The van der Waals surface area contributed by atoms with E-state index in [4.69, 9.17) is 5.73 Å². The van der Waals surface area contributed by atoms with Gasteiger partial charge in [0.1, 0.15) is 22.8 Å². The Labute approximate surface area is 195 Å². The number of rotatable bonds is 3. The van der Waals surface area contributed by atoms with E-state index in [0.29, 0.717) is 17.7 Å². The number of aliphatic hydroxyl groups is 3. The summed E-state index contributed by atoms with van der Waals surface area (Å²) in [4.78, 5) is 38.2. The Balaban J connectivity index is 1.56. The average Bonchev–Trinajstić information content (AvgIpc) is 2.78. The van der Waals surface area contributed by atoms with Crippen LogP contribution in [0.1, 0.15) is 41.6 Å². The summed E-state index contributed by atoms with van der Waals surface area (Å²) in [6, 6.07) is 3.63. The number of aromatic hydroxyl groups is 1. The van der Waals surface area contributed by atoms with Crippen LogP contribution in [-0.2, 0) is 16.0 Å². The number of anilines is 1. The van der Waals surface area contributed by atoms with Crippen molar-refractivity contribution >= 4 is 23.2 Å². The lowest BCUT2D eigenvalue weighted by atomic mass is 9.60. The number of phenols is 1. The molecule has 1 aromatic carbocycles. The number of benzene rings is 1. The molecule has 1 saturated heterocycles. The van der Waals surface area contributed by atoms with Gasteiger partial charge in [-0.1, -0.05) is 6.07 Å². The molecule has 1 aromatic rings. The Hall–Kier alpha value is -3.37. The van der Waals surface area contributed by atoms with Crippen LogP contribution in [-0.4, -0.2) is 62.6 Å². The van der Waals surface area contributed by atoms with Gasteiger partial charge in [0.25, 0.3) is 5.91 Å². The van der Waals surface area contributed by atoms with Crippen molar-refractivity contribution in [2.24, 2.45) is 17.6 Å². The van der Waals surface area contributed by atoms with Gasteiger partial charge in [0.05, 0.1) is 11.3 Å². The van der Waals surface area contributed by atoms with Crippen molar-refractivity contribution in [3.05, 3.63) is 45.9 Å². The van der Waals surface area contributed by atoms with E-state index in [1.165, 1.54) is 0 Å². The number of fused-ring (bicyclic) bond motifs is 3. The highest BCUT2D eigenvalue weighted by atomic mass is 16.3. The molecule has 3 atom stereocenters. The number of nitrogens with two attached hydrogens (primary N) is 1. The van der Waals surface area contributed by atoms with Crippen LogP contribution in [0.5, 0.6) is 5.75 Å². The number of carbonyl (C=O) groups excluding carboxylic acids is 3. The number of aliphatic hydroxyl groups excluding tert-OH is 2. The molecule has 1 fully saturated rings. The van der Waals surface area contributed by atoms with Gasteiger partial charge in [-0.05, 0) is 56.3 Å². The molecule has 1 heterocycles. The van der Waals surface area contributed by atoms with Gasteiger partial charge in [-0.15, -0.1) is 0 Å². The van der Waals surface area contributed by atoms with Crippen LogP contribution in [0, 0.1) is 11.8 Å². The fourth-order valence-electron chi connectivity index (χ4n) is 5.90. The maximum Gasteiger partial charge on any atom is 0.255 e. The predicted molar refractivity (Wildman–Crippen MR) is 120 cm³/mol. The molecular formula is C24H27N3O7. The third-order valence-electron chi connectivity index (χ3n) is 7.63. The van der Waals surface area contributed by atoms with Gasteiger partial charge in [0.15, 0.2) is 11.4 Å². The molecule has 180 valence electrons. The average molecular weight is 469 g/mol. The van der Waals surface area contributed by atoms with Gasteiger partial charge in [-0.3, -0.25) is 14.4 Å². The quantitative estimate of drug-likeness (QED) is 0.248. The minimum atomic E-state index is -2.55. The fourth-order valence-corrected chi connectivity index (χ4v) is 5.90. The molecule has 8 N–H and O–H groups in total. The van der Waals surface area contributed by atoms with Crippen molar-refractivity contribution in [3.63, 3.8) is 0 Å². The molecule has 5 rings (SSSR count). The van der Waals surface area contributed by atoms with Crippen LogP contribution >= 0.6 is 0 Å². The van der Waals surface area contributed by atoms with Crippen LogP contribution in [0.4, 0.5) is 5.69 Å². The van der Waals surface area contributed by atoms with Crippen LogP contribution in [0.3, 0.4) is 0 Å². The maximum absolute atomic E-state index is 13.5. The number of phenolic OH excluding ortho intramolecular Hbond substituents is 1. The Morgan fingerprint density at radius 2 is 1.82 bits per heavy atom. The number of allylic oxidation sites excluding steroid dienone is 2. The molecule has 0 unspecified atom stereocenters. The molecule has 34 heavy (non-hydrogen) atoms. The topological polar surface area (TPSA) is 182 Å². The molecule has 3 aliphatic carbocycles. The van der Waals surface area contributed by atoms with E-state index in [-0.39, 0.29) is 35.8 Å². The summed E-state index contributed by atoms with van der Waals surface area (Å²) in [5.41, 5.74) is 2.77. The molecular weight excluding hydrogens is 442 g/mol. The predicted octanol–water partition coefficient (Wildman–Crippen LogP) is 0.744. The Morgan fingerprint density at radius 1 is 1.12 bits per heavy atom. The lowest BCUT2D eigenvalue weighted by Gasteiger charge is -2.45. The molecule has 0 spiro atoms. The number of primary amides is 1. The van der Waals surface area contributed by atoms with Crippen LogP contribution in [0.25, 0.3) is 0 Å². The number of Topliss-reactive ketones (excluding diaryl/α,β-unsaturated/α-hetero) is 2. The van der Waals surface area contributed by atoms with Crippen molar-refractivity contribution in [2.75, 3.05) is 18.4 Å². The van der Waals surface area contributed by atoms with Crippen molar-refractivity contribution in [1.29, 1.82) is 0 Å². The summed E-state index contributed by atoms with van der Waals surface area (Å²) in [6.45, 7) is 1.69. The summed E-state index contributed by atoms with van der Waals surface area (Å²) in [6.07, 6.45) is 1.91. The van der Waals surface area contributed by atoms with Crippen molar-refractivity contribution in [3.8, 4) is 5.75 Å². The summed E-state index contributed by atoms with van der Waals surface area (Å²) < 4.78 is 0. The van der Waals surface area contributed by atoms with Crippen LogP contribution in [0.15, 0.2) is 34.8 Å². The molecule has 0 aromatic heterocycles. The van der Waals surface area contributed by atoms with Gasteiger partial charge in [0.2, 0.25) is 5.78 Å². The van der Waals surface area contributed by atoms with Crippen molar-refractivity contribution in [1.82, 2.24) is 5.32 Å². The third kappa shape index (κ3) is 3.13. The molecule has 10 heteroatoms. The molecule has 1 amide bonds. The van der Waals surface area contributed by atoms with Gasteiger partial charge in [-0.2, -0.15) is 0 Å². The molecule has 10 nitrogen and oxygen atoms in total. The van der Waals surface area contributed by atoms with E-state index in [2.05, 4.69) is 10.6 Å². The molecule has 0 saturated carbocycles. The summed E-state index contributed by atoms with van der Waals surface area (Å²) >= 11 is 0. The number of nitrogens with one attached hydrogen (secondary N) is 2. The number of ketones is 2. The number of hydrogen-bond acceptors (Lipinski definition) is 9. The summed E-state index contributed by atoms with van der Waals surface area (Å²) in [5.74, 6) is -6.17. The van der Waals surface area contributed by atoms with Gasteiger partial charge in [-0.25, -0.2) is 0 Å². The first-order chi connectivity index (χ1) is 16.1.